The Morgan fingerprint density at radius 1 is 1.08 bits per heavy atom. The van der Waals surface area contributed by atoms with Crippen LogP contribution in [-0.2, 0) is 0 Å². The first kappa shape index (κ1) is 15.6. The van der Waals surface area contributed by atoms with Crippen LogP contribution in [-0.4, -0.2) is 0 Å². The first-order chi connectivity index (χ1) is 11.7. The molecule has 0 spiro atoms. The molecule has 1 heterocycles. The molecule has 0 aromatic heterocycles. The van der Waals surface area contributed by atoms with Crippen molar-refractivity contribution in [2.45, 2.75) is 26.2 Å². The molecule has 1 saturated carbocycles. The third-order valence-corrected chi connectivity index (χ3v) is 4.56. The number of rotatable bonds is 1. The Bertz CT molecular complexity index is 880. The molecule has 1 aliphatic carbocycles. The van der Waals surface area contributed by atoms with Crippen LogP contribution >= 0.6 is 0 Å². The van der Waals surface area contributed by atoms with Gasteiger partial charge in [-0.05, 0) is 41.9 Å². The smallest absolute Gasteiger partial charge is 0.154 e. The molecule has 4 heteroatoms. The number of fused-ring (bicyclic) bond motifs is 1. The summed E-state index contributed by atoms with van der Waals surface area (Å²) in [6.07, 6.45) is 2.69. The lowest BCUT2D eigenvalue weighted by Crippen LogP contribution is -2.26. The van der Waals surface area contributed by atoms with Crippen LogP contribution in [0.2, 0.25) is 0 Å². The first-order valence-corrected chi connectivity index (χ1v) is 7.93. The van der Waals surface area contributed by atoms with Crippen molar-refractivity contribution in [2.24, 2.45) is 5.92 Å². The van der Waals surface area contributed by atoms with Gasteiger partial charge in [0.1, 0.15) is 18.2 Å². The van der Waals surface area contributed by atoms with Crippen molar-refractivity contribution in [3.63, 3.8) is 0 Å². The fourth-order valence-corrected chi connectivity index (χ4v) is 3.36. The summed E-state index contributed by atoms with van der Waals surface area (Å²) in [5, 5.41) is 31.4. The van der Waals surface area contributed by atoms with E-state index >= 15 is 0 Å². The molecule has 0 amide bonds. The van der Waals surface area contributed by atoms with Crippen molar-refractivity contribution < 1.29 is 0 Å². The Morgan fingerprint density at radius 3 is 2.42 bits per heavy atom. The maximum Gasteiger partial charge on any atom is 0.154 e. The summed E-state index contributed by atoms with van der Waals surface area (Å²) in [6, 6.07) is 15.9. The lowest BCUT2D eigenvalue weighted by atomic mass is 9.76. The molecule has 0 bridgehead atoms. The van der Waals surface area contributed by atoms with Gasteiger partial charge in [-0.15, -0.1) is 0 Å². The largest absolute Gasteiger partial charge is 0.352 e. The van der Waals surface area contributed by atoms with E-state index in [9.17, 15) is 15.8 Å². The molecule has 4 nitrogen and oxygen atoms in total. The lowest BCUT2D eigenvalue weighted by Gasteiger charge is -2.33. The summed E-state index contributed by atoms with van der Waals surface area (Å²) in [4.78, 5) is 0. The van der Waals surface area contributed by atoms with Gasteiger partial charge in [0.15, 0.2) is 5.57 Å². The van der Waals surface area contributed by atoms with Crippen molar-refractivity contribution in [1.82, 2.24) is 5.32 Å². The minimum atomic E-state index is -0.0508. The van der Waals surface area contributed by atoms with Gasteiger partial charge in [0, 0.05) is 5.70 Å². The summed E-state index contributed by atoms with van der Waals surface area (Å²) >= 11 is 0. The van der Waals surface area contributed by atoms with E-state index in [1.807, 2.05) is 42.5 Å². The Hall–Kier alpha value is -3.29. The summed E-state index contributed by atoms with van der Waals surface area (Å²) in [6.45, 7) is 2.21. The minimum Gasteiger partial charge on any atom is -0.352 e. The highest BCUT2D eigenvalue weighted by molar-refractivity contribution is 5.79. The average Bonchev–Trinajstić information content (AvgIpc) is 2.62. The second-order valence-corrected chi connectivity index (χ2v) is 6.13. The summed E-state index contributed by atoms with van der Waals surface area (Å²) < 4.78 is 0. The number of hydrogen-bond donors (Lipinski definition) is 1. The van der Waals surface area contributed by atoms with Crippen LogP contribution in [0.5, 0.6) is 0 Å². The van der Waals surface area contributed by atoms with Crippen LogP contribution in [0.1, 0.15) is 31.7 Å². The molecule has 0 radical (unpaired) electrons. The third-order valence-electron chi connectivity index (χ3n) is 4.56. The monoisotopic (exact) mass is 312 g/mol. The van der Waals surface area contributed by atoms with Gasteiger partial charge in [0.2, 0.25) is 0 Å². The van der Waals surface area contributed by atoms with Gasteiger partial charge in [-0.1, -0.05) is 37.3 Å². The summed E-state index contributed by atoms with van der Waals surface area (Å²) in [5.41, 5.74) is 4.76. The SMILES string of the molecule is CC1CCC2=C(C#N)C(=C(C#N)C#N)NC(c3ccccc3)=C2C1. The zero-order valence-corrected chi connectivity index (χ0v) is 13.4. The van der Waals surface area contributed by atoms with Gasteiger partial charge in [0.25, 0.3) is 0 Å². The van der Waals surface area contributed by atoms with Gasteiger partial charge in [0.05, 0.1) is 11.3 Å². The molecular formula is C20H16N4. The van der Waals surface area contributed by atoms with Crippen LogP contribution in [0.3, 0.4) is 0 Å². The predicted octanol–water partition coefficient (Wildman–Crippen LogP) is 3.94. The van der Waals surface area contributed by atoms with E-state index in [-0.39, 0.29) is 5.57 Å². The Kier molecular flexibility index (Phi) is 4.19. The second kappa shape index (κ2) is 6.45. The van der Waals surface area contributed by atoms with Gasteiger partial charge < -0.3 is 5.32 Å². The molecule has 1 aromatic carbocycles. The number of hydrogen-bond acceptors (Lipinski definition) is 4. The molecule has 3 rings (SSSR count). The molecule has 116 valence electrons. The van der Waals surface area contributed by atoms with Gasteiger partial charge >= 0.3 is 0 Å². The first-order valence-electron chi connectivity index (χ1n) is 7.93. The van der Waals surface area contributed by atoms with Gasteiger partial charge in [-0.3, -0.25) is 0 Å². The predicted molar refractivity (Wildman–Crippen MR) is 90.4 cm³/mol. The molecule has 1 atom stereocenters. The van der Waals surface area contributed by atoms with E-state index in [2.05, 4.69) is 18.3 Å². The van der Waals surface area contributed by atoms with Crippen molar-refractivity contribution in [3.05, 3.63) is 63.9 Å². The van der Waals surface area contributed by atoms with Crippen molar-refractivity contribution >= 4 is 5.70 Å². The second-order valence-electron chi connectivity index (χ2n) is 6.13. The van der Waals surface area contributed by atoms with E-state index < -0.39 is 0 Å². The van der Waals surface area contributed by atoms with E-state index in [0.29, 0.717) is 17.2 Å². The van der Waals surface area contributed by atoms with Gasteiger partial charge in [-0.2, -0.15) is 15.8 Å². The van der Waals surface area contributed by atoms with E-state index in [4.69, 9.17) is 0 Å². The quantitative estimate of drug-likeness (QED) is 0.796. The number of nitriles is 3. The van der Waals surface area contributed by atoms with Crippen molar-refractivity contribution in [1.29, 1.82) is 15.8 Å². The highest BCUT2D eigenvalue weighted by Crippen LogP contribution is 2.43. The Labute approximate surface area is 141 Å². The molecule has 1 N–H and O–H groups in total. The zero-order chi connectivity index (χ0) is 17.1. The molecule has 0 saturated heterocycles. The van der Waals surface area contributed by atoms with E-state index in [0.717, 1.165) is 41.7 Å². The fourth-order valence-electron chi connectivity index (χ4n) is 3.36. The molecule has 1 unspecified atom stereocenters. The van der Waals surface area contributed by atoms with E-state index in [1.54, 1.807) is 0 Å². The number of dihydropyridines is 1. The number of benzene rings is 1. The third kappa shape index (κ3) is 2.58. The van der Waals surface area contributed by atoms with Gasteiger partial charge in [-0.25, -0.2) is 0 Å². The molecular weight excluding hydrogens is 296 g/mol. The highest BCUT2D eigenvalue weighted by atomic mass is 14.9. The Morgan fingerprint density at radius 2 is 1.79 bits per heavy atom. The summed E-state index contributed by atoms with van der Waals surface area (Å²) in [7, 11) is 0. The lowest BCUT2D eigenvalue weighted by molar-refractivity contribution is 0.494. The van der Waals surface area contributed by atoms with E-state index in [1.165, 1.54) is 0 Å². The van der Waals surface area contributed by atoms with Crippen molar-refractivity contribution in [2.75, 3.05) is 0 Å². The maximum atomic E-state index is 9.64. The standard InChI is InChI=1S/C20H16N4/c1-13-7-8-16-17(9-13)19(14-5-3-2-4-6-14)24-20(18(16)12-23)15(10-21)11-22/h2-6,13,24H,7-9H2,1H3. The van der Waals surface area contributed by atoms with Crippen LogP contribution in [0, 0.1) is 39.9 Å². The number of nitrogens with one attached hydrogen (secondary N) is 1. The zero-order valence-electron chi connectivity index (χ0n) is 13.4. The number of nitrogens with zero attached hydrogens (tertiary/aromatic N) is 3. The normalized spacial score (nSPS) is 19.6. The van der Waals surface area contributed by atoms with Crippen LogP contribution in [0.4, 0.5) is 0 Å². The summed E-state index contributed by atoms with van der Waals surface area (Å²) in [5.74, 6) is 0.543. The Balaban J connectivity index is 2.29. The minimum absolute atomic E-state index is 0.0508. The highest BCUT2D eigenvalue weighted by Gasteiger charge is 2.31. The average molecular weight is 312 g/mol. The van der Waals surface area contributed by atoms with Crippen LogP contribution in [0.15, 0.2) is 58.3 Å². The molecule has 1 aromatic rings. The fraction of sp³-hybridized carbons (Fsp3) is 0.250. The molecule has 1 aliphatic heterocycles. The maximum absolute atomic E-state index is 9.64. The van der Waals surface area contributed by atoms with Crippen LogP contribution < -0.4 is 5.32 Å². The molecule has 2 aliphatic rings. The molecule has 24 heavy (non-hydrogen) atoms. The molecule has 1 fully saturated rings. The topological polar surface area (TPSA) is 83.4 Å². The van der Waals surface area contributed by atoms with Crippen molar-refractivity contribution in [3.8, 4) is 18.2 Å². The van der Waals surface area contributed by atoms with Crippen LogP contribution in [0.25, 0.3) is 5.70 Å². The number of allylic oxidation sites excluding steroid dienone is 4.